The monoisotopic (exact) mass is 383 g/mol. The van der Waals surface area contributed by atoms with E-state index < -0.39 is 40.3 Å². The molecule has 2 aliphatic rings. The summed E-state index contributed by atoms with van der Waals surface area (Å²) in [5.41, 5.74) is 0.601. The topological polar surface area (TPSA) is 133 Å². The van der Waals surface area contributed by atoms with Gasteiger partial charge in [0.1, 0.15) is 6.04 Å². The number of carbonyl (C=O) groups is 3. The smallest absolute Gasteiger partial charge is 0.362 e. The molecule has 11 heteroatoms. The van der Waals surface area contributed by atoms with Crippen LogP contribution in [0.15, 0.2) is 24.3 Å². The van der Waals surface area contributed by atoms with E-state index >= 15 is 0 Å². The molecule has 1 aromatic carbocycles. The van der Waals surface area contributed by atoms with E-state index in [9.17, 15) is 22.8 Å². The SMILES string of the molecule is CCOC(=O)c1cccc(NC(=O)N2CC[C@@H]3[C@H]2C(=O)N3S(=O)(=O)O)c1. The predicted molar refractivity (Wildman–Crippen MR) is 88.7 cm³/mol. The molecule has 3 amide bonds. The molecule has 2 saturated heterocycles. The Morgan fingerprint density at radius 2 is 2.12 bits per heavy atom. The number of hydrogen-bond acceptors (Lipinski definition) is 6. The quantitative estimate of drug-likeness (QED) is 0.439. The number of benzene rings is 1. The fourth-order valence-corrected chi connectivity index (χ4v) is 4.08. The minimum atomic E-state index is -4.62. The number of amides is 3. The molecular weight excluding hydrogens is 366 g/mol. The van der Waals surface area contributed by atoms with Gasteiger partial charge in [-0.1, -0.05) is 6.07 Å². The van der Waals surface area contributed by atoms with Crippen LogP contribution in [0.3, 0.4) is 0 Å². The number of nitrogens with zero attached hydrogens (tertiary/aromatic N) is 2. The molecule has 2 atom stereocenters. The zero-order valence-electron chi connectivity index (χ0n) is 13.8. The summed E-state index contributed by atoms with van der Waals surface area (Å²) in [6.45, 7) is 2.06. The highest BCUT2D eigenvalue weighted by Gasteiger charge is 2.60. The van der Waals surface area contributed by atoms with Crippen molar-refractivity contribution in [2.75, 3.05) is 18.5 Å². The summed E-state index contributed by atoms with van der Waals surface area (Å²) in [5, 5.41) is 2.58. The maximum atomic E-state index is 12.4. The van der Waals surface area contributed by atoms with Gasteiger partial charge in [0.25, 0.3) is 5.91 Å². The molecule has 140 valence electrons. The number of urea groups is 1. The van der Waals surface area contributed by atoms with E-state index in [1.165, 1.54) is 11.0 Å². The normalized spacial score (nSPS) is 21.8. The van der Waals surface area contributed by atoms with Crippen molar-refractivity contribution in [2.24, 2.45) is 0 Å². The van der Waals surface area contributed by atoms with Crippen molar-refractivity contribution in [3.8, 4) is 0 Å². The summed E-state index contributed by atoms with van der Waals surface area (Å²) in [7, 11) is -4.62. The number of anilines is 1. The van der Waals surface area contributed by atoms with Crippen molar-refractivity contribution in [1.29, 1.82) is 0 Å². The molecule has 2 aliphatic heterocycles. The van der Waals surface area contributed by atoms with Crippen LogP contribution in [0.2, 0.25) is 0 Å². The van der Waals surface area contributed by atoms with E-state index in [1.807, 2.05) is 0 Å². The maximum Gasteiger partial charge on any atom is 0.362 e. The fourth-order valence-electron chi connectivity index (χ4n) is 3.18. The van der Waals surface area contributed by atoms with E-state index in [0.29, 0.717) is 9.99 Å². The van der Waals surface area contributed by atoms with Crippen LogP contribution in [0.4, 0.5) is 10.5 Å². The second kappa shape index (κ2) is 6.57. The largest absolute Gasteiger partial charge is 0.462 e. The highest BCUT2D eigenvalue weighted by atomic mass is 32.2. The lowest BCUT2D eigenvalue weighted by molar-refractivity contribution is -0.143. The van der Waals surface area contributed by atoms with Gasteiger partial charge in [0, 0.05) is 12.2 Å². The molecule has 26 heavy (non-hydrogen) atoms. The highest BCUT2D eigenvalue weighted by molar-refractivity contribution is 7.84. The Morgan fingerprint density at radius 1 is 1.38 bits per heavy atom. The van der Waals surface area contributed by atoms with Gasteiger partial charge in [0.15, 0.2) is 0 Å². The van der Waals surface area contributed by atoms with Gasteiger partial charge in [0.2, 0.25) is 0 Å². The maximum absolute atomic E-state index is 12.4. The minimum absolute atomic E-state index is 0.163. The van der Waals surface area contributed by atoms with Crippen LogP contribution >= 0.6 is 0 Å². The molecule has 2 heterocycles. The summed E-state index contributed by atoms with van der Waals surface area (Å²) in [6.07, 6.45) is 0.243. The van der Waals surface area contributed by atoms with Gasteiger partial charge in [0.05, 0.1) is 18.2 Å². The number of likely N-dealkylation sites (tertiary alicyclic amines) is 1. The lowest BCUT2D eigenvalue weighted by Gasteiger charge is -2.42. The van der Waals surface area contributed by atoms with Gasteiger partial charge >= 0.3 is 22.3 Å². The molecule has 0 radical (unpaired) electrons. The van der Waals surface area contributed by atoms with E-state index in [2.05, 4.69) is 5.32 Å². The van der Waals surface area contributed by atoms with Gasteiger partial charge in [-0.2, -0.15) is 8.42 Å². The molecule has 0 spiro atoms. The lowest BCUT2D eigenvalue weighted by Crippen LogP contribution is -2.68. The predicted octanol–water partition coefficient (Wildman–Crippen LogP) is 0.483. The number of β-lactam (4-membered cyclic amide) rings is 1. The van der Waals surface area contributed by atoms with Crippen LogP contribution in [0.25, 0.3) is 0 Å². The summed E-state index contributed by atoms with van der Waals surface area (Å²) < 4.78 is 36.7. The summed E-state index contributed by atoms with van der Waals surface area (Å²) in [6, 6.07) is 3.85. The Balaban J connectivity index is 1.70. The molecule has 2 N–H and O–H groups in total. The fraction of sp³-hybridized carbons (Fsp3) is 0.400. The van der Waals surface area contributed by atoms with Crippen LogP contribution in [-0.4, -0.2) is 65.3 Å². The average molecular weight is 383 g/mol. The second-order valence-corrected chi connectivity index (χ2v) is 7.13. The van der Waals surface area contributed by atoms with E-state index in [1.54, 1.807) is 25.1 Å². The lowest BCUT2D eigenvalue weighted by atomic mass is 10.0. The van der Waals surface area contributed by atoms with E-state index in [-0.39, 0.29) is 25.1 Å². The van der Waals surface area contributed by atoms with E-state index in [4.69, 9.17) is 9.29 Å². The molecule has 0 unspecified atom stereocenters. The molecule has 2 fully saturated rings. The van der Waals surface area contributed by atoms with Crippen LogP contribution in [0.1, 0.15) is 23.7 Å². The summed E-state index contributed by atoms with van der Waals surface area (Å²) >= 11 is 0. The zero-order valence-corrected chi connectivity index (χ0v) is 14.6. The van der Waals surface area contributed by atoms with Crippen LogP contribution < -0.4 is 5.32 Å². The number of fused-ring (bicyclic) bond motifs is 1. The standard InChI is InChI=1S/C15H17N3O7S/c1-2-25-14(20)9-4-3-5-10(8-9)16-15(21)17-7-6-11-12(17)13(19)18(11)26(22,23)24/h3-5,8,11-12H,2,6-7H2,1H3,(H,16,21)(H,22,23,24)/t11-,12+/m1/s1. The van der Waals surface area contributed by atoms with Crippen molar-refractivity contribution in [2.45, 2.75) is 25.4 Å². The summed E-state index contributed by atoms with van der Waals surface area (Å²) in [4.78, 5) is 37.4. The molecule has 0 saturated carbocycles. The molecule has 0 aliphatic carbocycles. The minimum Gasteiger partial charge on any atom is -0.462 e. The number of esters is 1. The molecular formula is C15H17N3O7S. The Kier molecular flexibility index (Phi) is 4.59. The van der Waals surface area contributed by atoms with Gasteiger partial charge in [-0.3, -0.25) is 9.35 Å². The average Bonchev–Trinajstić information content (AvgIpc) is 2.92. The van der Waals surface area contributed by atoms with Crippen molar-refractivity contribution < 1.29 is 32.1 Å². The van der Waals surface area contributed by atoms with Crippen LogP contribution in [-0.2, 0) is 19.8 Å². The van der Waals surface area contributed by atoms with Gasteiger partial charge in [-0.25, -0.2) is 13.9 Å². The third-order valence-electron chi connectivity index (χ3n) is 4.27. The van der Waals surface area contributed by atoms with E-state index in [0.717, 1.165) is 0 Å². The number of nitrogens with one attached hydrogen (secondary N) is 1. The van der Waals surface area contributed by atoms with Gasteiger partial charge in [-0.15, -0.1) is 0 Å². The Morgan fingerprint density at radius 3 is 2.77 bits per heavy atom. The first kappa shape index (κ1) is 18.1. The van der Waals surface area contributed by atoms with Crippen LogP contribution in [0, 0.1) is 0 Å². The Hall–Kier alpha value is -2.66. The van der Waals surface area contributed by atoms with Gasteiger partial charge in [-0.05, 0) is 31.5 Å². The first-order valence-corrected chi connectivity index (χ1v) is 9.29. The Bertz CT molecular complexity index is 870. The molecule has 0 bridgehead atoms. The highest BCUT2D eigenvalue weighted by Crippen LogP contribution is 2.35. The Labute approximate surface area is 149 Å². The molecule has 3 rings (SSSR count). The number of carbonyl (C=O) groups excluding carboxylic acids is 3. The van der Waals surface area contributed by atoms with Crippen LogP contribution in [0.5, 0.6) is 0 Å². The molecule has 10 nitrogen and oxygen atoms in total. The summed E-state index contributed by atoms with van der Waals surface area (Å²) in [5.74, 6) is -1.37. The van der Waals surface area contributed by atoms with Crippen molar-refractivity contribution in [1.82, 2.24) is 9.21 Å². The molecule has 1 aromatic rings. The third-order valence-corrected chi connectivity index (χ3v) is 5.22. The first-order chi connectivity index (χ1) is 12.2. The van der Waals surface area contributed by atoms with Gasteiger partial charge < -0.3 is 15.0 Å². The number of ether oxygens (including phenoxy) is 1. The number of hydrogen-bond donors (Lipinski definition) is 2. The third kappa shape index (κ3) is 3.10. The zero-order chi connectivity index (χ0) is 19.1. The second-order valence-electron chi connectivity index (χ2n) is 5.84. The number of rotatable bonds is 4. The van der Waals surface area contributed by atoms with Crippen molar-refractivity contribution in [3.63, 3.8) is 0 Å². The first-order valence-electron chi connectivity index (χ1n) is 7.89. The molecule has 0 aromatic heterocycles. The van der Waals surface area contributed by atoms with Crippen molar-refractivity contribution in [3.05, 3.63) is 29.8 Å². The van der Waals surface area contributed by atoms with Crippen molar-refractivity contribution >= 4 is 33.9 Å².